The van der Waals surface area contributed by atoms with E-state index >= 15 is 0 Å². The van der Waals surface area contributed by atoms with E-state index in [1.165, 1.54) is 12.1 Å². The first-order chi connectivity index (χ1) is 9.54. The third-order valence-corrected chi connectivity index (χ3v) is 2.77. The number of amides is 1. The number of non-ortho nitro benzene ring substituents is 1. The molecule has 0 saturated heterocycles. The van der Waals surface area contributed by atoms with Gasteiger partial charge in [-0.3, -0.25) is 14.9 Å². The summed E-state index contributed by atoms with van der Waals surface area (Å²) in [6, 6.07) is 6.03. The molecule has 1 aromatic rings. The van der Waals surface area contributed by atoms with E-state index in [1.54, 1.807) is 19.1 Å². The first-order valence-corrected chi connectivity index (χ1v) is 6.22. The highest BCUT2D eigenvalue weighted by atomic mass is 16.6. The van der Waals surface area contributed by atoms with Crippen molar-refractivity contribution < 1.29 is 9.72 Å². The number of nitro benzene ring substituents is 1. The molecule has 6 heteroatoms. The topological polar surface area (TPSA) is 84.3 Å². The van der Waals surface area contributed by atoms with Crippen molar-refractivity contribution in [3.63, 3.8) is 0 Å². The molecule has 0 aromatic heterocycles. The van der Waals surface area contributed by atoms with Gasteiger partial charge >= 0.3 is 0 Å². The van der Waals surface area contributed by atoms with E-state index in [-0.39, 0.29) is 24.2 Å². The summed E-state index contributed by atoms with van der Waals surface area (Å²) in [5, 5.41) is 16.2. The number of nitrogens with one attached hydrogen (secondary N) is 2. The molecule has 6 nitrogen and oxygen atoms in total. The Kier molecular flexibility index (Phi) is 6.20. The predicted molar refractivity (Wildman–Crippen MR) is 76.1 cm³/mol. The van der Waals surface area contributed by atoms with E-state index in [2.05, 4.69) is 16.6 Å². The lowest BCUT2D eigenvalue weighted by molar-refractivity contribution is -0.384. The first-order valence-electron chi connectivity index (χ1n) is 6.22. The summed E-state index contributed by atoms with van der Waals surface area (Å²) in [6.45, 7) is 2.57. The Balaban J connectivity index is 2.35. The maximum Gasteiger partial charge on any atom is 0.269 e. The van der Waals surface area contributed by atoms with Crippen LogP contribution in [0.3, 0.4) is 0 Å². The molecule has 1 amide bonds. The fourth-order valence-corrected chi connectivity index (χ4v) is 1.60. The Bertz CT molecular complexity index is 505. The number of nitrogens with zero attached hydrogens (tertiary/aromatic N) is 1. The van der Waals surface area contributed by atoms with E-state index in [9.17, 15) is 14.9 Å². The van der Waals surface area contributed by atoms with Gasteiger partial charge in [-0.1, -0.05) is 18.1 Å². The maximum atomic E-state index is 11.5. The molecule has 0 aliphatic carbocycles. The number of rotatable bonds is 7. The summed E-state index contributed by atoms with van der Waals surface area (Å²) in [5.41, 5.74) is 1.04. The summed E-state index contributed by atoms with van der Waals surface area (Å²) < 4.78 is 0. The van der Waals surface area contributed by atoms with Gasteiger partial charge in [-0.05, 0) is 25.5 Å². The van der Waals surface area contributed by atoms with Crippen LogP contribution in [0.25, 0.3) is 0 Å². The van der Waals surface area contributed by atoms with Gasteiger partial charge in [0.15, 0.2) is 0 Å². The Labute approximate surface area is 117 Å². The summed E-state index contributed by atoms with van der Waals surface area (Å²) in [6.07, 6.45) is 5.74. The van der Waals surface area contributed by atoms with Gasteiger partial charge in [0.25, 0.3) is 5.69 Å². The molecule has 0 radical (unpaired) electrons. The molecule has 0 saturated carbocycles. The third kappa shape index (κ3) is 5.08. The second-order valence-electron chi connectivity index (χ2n) is 4.27. The first kappa shape index (κ1) is 15.7. The molecule has 1 aromatic carbocycles. The predicted octanol–water partition coefficient (Wildman–Crippen LogP) is 0.865. The maximum absolute atomic E-state index is 11.5. The van der Waals surface area contributed by atoms with Gasteiger partial charge in [0, 0.05) is 12.1 Å². The number of terminal acetylenes is 1. The van der Waals surface area contributed by atoms with Crippen LogP contribution < -0.4 is 10.6 Å². The molecule has 0 bridgehead atoms. The molecule has 106 valence electrons. The molecule has 0 spiro atoms. The number of hydrogen-bond donors (Lipinski definition) is 2. The highest BCUT2D eigenvalue weighted by molar-refractivity contribution is 5.81. The molecule has 20 heavy (non-hydrogen) atoms. The van der Waals surface area contributed by atoms with Gasteiger partial charge in [-0.25, -0.2) is 0 Å². The standard InChI is InChI=1S/C14H17N3O3/c1-3-9-16-14(18)11(2)15-10-8-12-4-6-13(7-5-12)17(19)20/h1,4-7,11,15H,8-10H2,2H3,(H,16,18). The molecule has 0 aliphatic rings. The van der Waals surface area contributed by atoms with Crippen molar-refractivity contribution in [3.8, 4) is 12.3 Å². The fraction of sp³-hybridized carbons (Fsp3) is 0.357. The summed E-state index contributed by atoms with van der Waals surface area (Å²) in [4.78, 5) is 21.6. The van der Waals surface area contributed by atoms with Crippen molar-refractivity contribution in [2.24, 2.45) is 0 Å². The smallest absolute Gasteiger partial charge is 0.269 e. The SMILES string of the molecule is C#CCNC(=O)C(C)NCCc1ccc([N+](=O)[O-])cc1. The molecule has 1 atom stereocenters. The van der Waals surface area contributed by atoms with Crippen molar-refractivity contribution in [1.82, 2.24) is 10.6 Å². The second kappa shape index (κ2) is 7.92. The van der Waals surface area contributed by atoms with Crippen molar-refractivity contribution in [1.29, 1.82) is 0 Å². The highest BCUT2D eigenvalue weighted by Crippen LogP contribution is 2.11. The lowest BCUT2D eigenvalue weighted by Crippen LogP contribution is -2.42. The van der Waals surface area contributed by atoms with Crippen LogP contribution >= 0.6 is 0 Å². The van der Waals surface area contributed by atoms with Gasteiger partial charge in [0.1, 0.15) is 0 Å². The Morgan fingerprint density at radius 1 is 1.45 bits per heavy atom. The molecule has 1 rings (SSSR count). The van der Waals surface area contributed by atoms with E-state index in [1.807, 2.05) is 0 Å². The number of nitro groups is 1. The average molecular weight is 275 g/mol. The molecule has 0 heterocycles. The number of carbonyl (C=O) groups excluding carboxylic acids is 1. The number of hydrogen-bond acceptors (Lipinski definition) is 4. The summed E-state index contributed by atoms with van der Waals surface area (Å²) in [5.74, 6) is 2.19. The van der Waals surface area contributed by atoms with E-state index in [0.29, 0.717) is 13.0 Å². The zero-order valence-electron chi connectivity index (χ0n) is 11.3. The van der Waals surface area contributed by atoms with Crippen LogP contribution in [0.5, 0.6) is 0 Å². The quantitative estimate of drug-likeness (QED) is 0.439. The Hall–Kier alpha value is -2.39. The number of benzene rings is 1. The fourth-order valence-electron chi connectivity index (χ4n) is 1.60. The van der Waals surface area contributed by atoms with Crippen LogP contribution in [0.4, 0.5) is 5.69 Å². The van der Waals surface area contributed by atoms with Crippen LogP contribution in [-0.4, -0.2) is 30.0 Å². The molecular weight excluding hydrogens is 258 g/mol. The zero-order chi connectivity index (χ0) is 15.0. The molecule has 1 unspecified atom stereocenters. The minimum Gasteiger partial charge on any atom is -0.344 e. The van der Waals surface area contributed by atoms with Gasteiger partial charge in [-0.2, -0.15) is 0 Å². The highest BCUT2D eigenvalue weighted by Gasteiger charge is 2.10. The average Bonchev–Trinajstić information content (AvgIpc) is 2.45. The molecule has 2 N–H and O–H groups in total. The van der Waals surface area contributed by atoms with E-state index in [4.69, 9.17) is 6.42 Å². The van der Waals surface area contributed by atoms with Gasteiger partial charge in [0.05, 0.1) is 17.5 Å². The Morgan fingerprint density at radius 2 is 2.10 bits per heavy atom. The lowest BCUT2D eigenvalue weighted by Gasteiger charge is -2.12. The van der Waals surface area contributed by atoms with Crippen LogP contribution in [-0.2, 0) is 11.2 Å². The minimum atomic E-state index is -0.431. The largest absolute Gasteiger partial charge is 0.344 e. The van der Waals surface area contributed by atoms with Crippen LogP contribution in [0.2, 0.25) is 0 Å². The normalized spacial score (nSPS) is 11.4. The van der Waals surface area contributed by atoms with Gasteiger partial charge in [-0.15, -0.1) is 6.42 Å². The van der Waals surface area contributed by atoms with Gasteiger partial charge < -0.3 is 10.6 Å². The second-order valence-corrected chi connectivity index (χ2v) is 4.27. The Morgan fingerprint density at radius 3 is 2.65 bits per heavy atom. The lowest BCUT2D eigenvalue weighted by atomic mass is 10.1. The third-order valence-electron chi connectivity index (χ3n) is 2.77. The van der Waals surface area contributed by atoms with Crippen LogP contribution in [0.15, 0.2) is 24.3 Å². The molecule has 0 fully saturated rings. The number of carbonyl (C=O) groups is 1. The van der Waals surface area contributed by atoms with E-state index in [0.717, 1.165) is 5.56 Å². The monoisotopic (exact) mass is 275 g/mol. The molecule has 0 aliphatic heterocycles. The summed E-state index contributed by atoms with van der Waals surface area (Å²) >= 11 is 0. The van der Waals surface area contributed by atoms with Crippen molar-refractivity contribution in [3.05, 3.63) is 39.9 Å². The van der Waals surface area contributed by atoms with E-state index < -0.39 is 4.92 Å². The van der Waals surface area contributed by atoms with Gasteiger partial charge in [0.2, 0.25) is 5.91 Å². The minimum absolute atomic E-state index is 0.0729. The zero-order valence-corrected chi connectivity index (χ0v) is 11.3. The van der Waals surface area contributed by atoms with Crippen molar-refractivity contribution in [2.75, 3.05) is 13.1 Å². The van der Waals surface area contributed by atoms with Crippen molar-refractivity contribution >= 4 is 11.6 Å². The van der Waals surface area contributed by atoms with Crippen LogP contribution in [0, 0.1) is 22.5 Å². The van der Waals surface area contributed by atoms with Crippen LogP contribution in [0.1, 0.15) is 12.5 Å². The summed E-state index contributed by atoms with van der Waals surface area (Å²) in [7, 11) is 0. The molecular formula is C14H17N3O3. The van der Waals surface area contributed by atoms with Crippen molar-refractivity contribution in [2.45, 2.75) is 19.4 Å².